The van der Waals surface area contributed by atoms with Crippen LogP contribution < -0.4 is 0 Å². The molecule has 0 spiro atoms. The number of allylic oxidation sites excluding steroid dienone is 1. The fourth-order valence-electron chi connectivity index (χ4n) is 0.775. The zero-order chi connectivity index (χ0) is 11.1. The maximum atomic E-state index is 10.3. The zero-order valence-corrected chi connectivity index (χ0v) is 8.85. The number of carbonyl (C=O) groups is 1. The molecule has 0 aromatic carbocycles. The van der Waals surface area contributed by atoms with Crippen molar-refractivity contribution < 1.29 is 4.79 Å². The van der Waals surface area contributed by atoms with Crippen molar-refractivity contribution in [1.82, 2.24) is 9.91 Å². The van der Waals surface area contributed by atoms with Crippen LogP contribution in [0.25, 0.3) is 0 Å². The summed E-state index contributed by atoms with van der Waals surface area (Å²) in [5.74, 6) is 0. The first-order chi connectivity index (χ1) is 6.51. The molecule has 14 heavy (non-hydrogen) atoms. The van der Waals surface area contributed by atoms with Gasteiger partial charge < -0.3 is 4.90 Å². The largest absolute Gasteiger partial charge is 0.382 e. The van der Waals surface area contributed by atoms with Gasteiger partial charge in [-0.1, -0.05) is 0 Å². The minimum atomic E-state index is 0.434. The first-order valence-corrected chi connectivity index (χ1v) is 4.03. The molecule has 0 saturated carbocycles. The van der Waals surface area contributed by atoms with E-state index in [2.05, 4.69) is 5.10 Å². The maximum Gasteiger partial charge on any atom is 0.229 e. The van der Waals surface area contributed by atoms with E-state index in [1.807, 2.05) is 20.2 Å². The molecule has 0 aromatic rings. The monoisotopic (exact) mass is 194 g/mol. The number of hydrogen-bond acceptors (Lipinski definition) is 4. The molecule has 0 aliphatic heterocycles. The average molecular weight is 194 g/mol. The van der Waals surface area contributed by atoms with Gasteiger partial charge in [0.05, 0.1) is 11.3 Å². The molecule has 0 atom stereocenters. The van der Waals surface area contributed by atoms with Crippen molar-refractivity contribution in [2.24, 2.45) is 5.10 Å². The van der Waals surface area contributed by atoms with Gasteiger partial charge in [-0.25, -0.2) is 5.01 Å². The minimum Gasteiger partial charge on any atom is -0.382 e. The number of hydrazone groups is 1. The molecule has 0 fully saturated rings. The van der Waals surface area contributed by atoms with Crippen LogP contribution in [-0.2, 0) is 4.79 Å². The number of hydrogen-bond donors (Lipinski definition) is 0. The Morgan fingerprint density at radius 1 is 1.43 bits per heavy atom. The van der Waals surface area contributed by atoms with Crippen molar-refractivity contribution in [2.45, 2.75) is 6.92 Å². The Morgan fingerprint density at radius 3 is 2.36 bits per heavy atom. The highest BCUT2D eigenvalue weighted by atomic mass is 16.1. The van der Waals surface area contributed by atoms with Gasteiger partial charge in [0.2, 0.25) is 6.41 Å². The van der Waals surface area contributed by atoms with Crippen molar-refractivity contribution >= 4 is 12.1 Å². The van der Waals surface area contributed by atoms with Crippen LogP contribution in [0.15, 0.2) is 16.9 Å². The molecule has 0 unspecified atom stereocenters. The van der Waals surface area contributed by atoms with E-state index in [-0.39, 0.29) is 0 Å². The van der Waals surface area contributed by atoms with E-state index in [0.717, 1.165) is 5.01 Å². The second-order valence-corrected chi connectivity index (χ2v) is 2.98. The van der Waals surface area contributed by atoms with E-state index in [0.29, 0.717) is 17.7 Å². The van der Waals surface area contributed by atoms with E-state index in [4.69, 9.17) is 5.26 Å². The summed E-state index contributed by atoms with van der Waals surface area (Å²) in [5.41, 5.74) is 0.944. The van der Waals surface area contributed by atoms with Crippen molar-refractivity contribution in [1.29, 1.82) is 5.26 Å². The summed E-state index contributed by atoms with van der Waals surface area (Å²) in [6.07, 6.45) is 2.23. The fourth-order valence-corrected chi connectivity index (χ4v) is 0.775. The van der Waals surface area contributed by atoms with Gasteiger partial charge in [-0.3, -0.25) is 4.79 Å². The summed E-state index contributed by atoms with van der Waals surface area (Å²) in [7, 11) is 5.14. The van der Waals surface area contributed by atoms with Crippen LogP contribution in [0.1, 0.15) is 6.92 Å². The van der Waals surface area contributed by atoms with Crippen molar-refractivity contribution in [2.75, 3.05) is 21.1 Å². The lowest BCUT2D eigenvalue weighted by Crippen LogP contribution is -2.13. The third-order valence-electron chi connectivity index (χ3n) is 1.36. The molecule has 76 valence electrons. The first kappa shape index (κ1) is 12.2. The highest BCUT2D eigenvalue weighted by molar-refractivity contribution is 6.01. The molecule has 0 aromatic heterocycles. The lowest BCUT2D eigenvalue weighted by Gasteiger charge is -2.08. The molecule has 0 bridgehead atoms. The summed E-state index contributed by atoms with van der Waals surface area (Å²) < 4.78 is 0. The number of carbonyl (C=O) groups excluding carboxylic acids is 1. The van der Waals surface area contributed by atoms with Crippen LogP contribution in [-0.4, -0.2) is 43.2 Å². The Balaban J connectivity index is 4.81. The van der Waals surface area contributed by atoms with E-state index < -0.39 is 0 Å². The number of nitrogens with zero attached hydrogens (tertiary/aromatic N) is 4. The Labute approximate surface area is 83.9 Å². The summed E-state index contributed by atoms with van der Waals surface area (Å²) in [5, 5.41) is 13.8. The van der Waals surface area contributed by atoms with Crippen molar-refractivity contribution in [3.05, 3.63) is 11.8 Å². The molecule has 0 radical (unpaired) electrons. The summed E-state index contributed by atoms with van der Waals surface area (Å²) >= 11 is 0. The maximum absolute atomic E-state index is 10.3. The van der Waals surface area contributed by atoms with Gasteiger partial charge in [0.15, 0.2) is 0 Å². The Kier molecular flexibility index (Phi) is 5.00. The van der Waals surface area contributed by atoms with E-state index in [1.54, 1.807) is 18.0 Å². The molecule has 0 N–H and O–H groups in total. The van der Waals surface area contributed by atoms with E-state index in [1.165, 1.54) is 7.05 Å². The standard InChI is InChI=1S/C9H14N4O/c1-8(11-13(4)7-14)9(5-10)6-12(2)3/h6-7H,1-4H3. The van der Waals surface area contributed by atoms with Crippen LogP contribution in [0.2, 0.25) is 0 Å². The SMILES string of the molecule is CC(=NN(C)C=O)C(C#N)=CN(C)C. The van der Waals surface area contributed by atoms with Crippen molar-refractivity contribution in [3.63, 3.8) is 0 Å². The minimum absolute atomic E-state index is 0.434. The average Bonchev–Trinajstić information content (AvgIpc) is 2.13. The summed E-state index contributed by atoms with van der Waals surface area (Å²) in [4.78, 5) is 12.0. The van der Waals surface area contributed by atoms with Crippen LogP contribution in [0.5, 0.6) is 0 Å². The Morgan fingerprint density at radius 2 is 2.00 bits per heavy atom. The molecule has 5 nitrogen and oxygen atoms in total. The van der Waals surface area contributed by atoms with E-state index in [9.17, 15) is 4.79 Å². The van der Waals surface area contributed by atoms with E-state index >= 15 is 0 Å². The zero-order valence-electron chi connectivity index (χ0n) is 8.85. The van der Waals surface area contributed by atoms with Gasteiger partial charge in [0, 0.05) is 27.3 Å². The lowest BCUT2D eigenvalue weighted by atomic mass is 10.2. The molecule has 0 saturated heterocycles. The van der Waals surface area contributed by atoms with Gasteiger partial charge in [-0.15, -0.1) is 0 Å². The molecule has 0 heterocycles. The third-order valence-corrected chi connectivity index (χ3v) is 1.36. The highest BCUT2D eigenvalue weighted by Crippen LogP contribution is 1.98. The Hall–Kier alpha value is -1.83. The molecule has 1 amide bonds. The third kappa shape index (κ3) is 4.26. The smallest absolute Gasteiger partial charge is 0.229 e. The van der Waals surface area contributed by atoms with Crippen LogP contribution in [0.4, 0.5) is 0 Å². The number of nitriles is 1. The normalized spacial score (nSPS) is 11.9. The second kappa shape index (κ2) is 5.75. The van der Waals surface area contributed by atoms with Gasteiger partial charge in [0.1, 0.15) is 6.07 Å². The van der Waals surface area contributed by atoms with Gasteiger partial charge in [0.25, 0.3) is 0 Å². The molecule has 0 rings (SSSR count). The van der Waals surface area contributed by atoms with Gasteiger partial charge in [-0.2, -0.15) is 10.4 Å². The quantitative estimate of drug-likeness (QED) is 0.282. The van der Waals surface area contributed by atoms with Gasteiger partial charge >= 0.3 is 0 Å². The number of rotatable bonds is 4. The number of amides is 1. The highest BCUT2D eigenvalue weighted by Gasteiger charge is 2.02. The van der Waals surface area contributed by atoms with Crippen LogP contribution in [0, 0.1) is 11.3 Å². The molecule has 0 aliphatic rings. The predicted molar refractivity (Wildman–Crippen MR) is 54.3 cm³/mol. The Bertz CT molecular complexity index is 298. The van der Waals surface area contributed by atoms with Gasteiger partial charge in [-0.05, 0) is 6.92 Å². The second-order valence-electron chi connectivity index (χ2n) is 2.98. The van der Waals surface area contributed by atoms with Crippen molar-refractivity contribution in [3.8, 4) is 6.07 Å². The molecule has 0 aliphatic carbocycles. The lowest BCUT2D eigenvalue weighted by molar-refractivity contribution is -0.117. The first-order valence-electron chi connectivity index (χ1n) is 4.03. The predicted octanol–water partition coefficient (Wildman–Crippen LogP) is 0.420. The topological polar surface area (TPSA) is 59.7 Å². The molecular weight excluding hydrogens is 180 g/mol. The van der Waals surface area contributed by atoms with Crippen LogP contribution >= 0.6 is 0 Å². The molecule has 5 heteroatoms. The molecular formula is C9H14N4O. The summed E-state index contributed by atoms with van der Waals surface area (Å²) in [6, 6.07) is 2.01. The van der Waals surface area contributed by atoms with Crippen LogP contribution in [0.3, 0.4) is 0 Å². The fraction of sp³-hybridized carbons (Fsp3) is 0.444. The summed E-state index contributed by atoms with van der Waals surface area (Å²) in [6.45, 7) is 1.68.